The number of hydrogen-bond acceptors (Lipinski definition) is 2. The number of urea groups is 1. The molecular formula is C10H10F3N3O. The number of rotatable bonds is 2. The van der Waals surface area contributed by atoms with Gasteiger partial charge in [0.1, 0.15) is 0 Å². The van der Waals surface area contributed by atoms with Crippen LogP contribution in [0.2, 0.25) is 0 Å². The molecule has 4 nitrogen and oxygen atoms in total. The normalized spacial score (nSPS) is 18.3. The van der Waals surface area contributed by atoms with Crippen LogP contribution >= 0.6 is 0 Å². The van der Waals surface area contributed by atoms with Crippen molar-refractivity contribution in [2.24, 2.45) is 0 Å². The highest BCUT2D eigenvalue weighted by molar-refractivity contribution is 5.89. The molecule has 1 saturated carbocycles. The summed E-state index contributed by atoms with van der Waals surface area (Å²) in [6.45, 7) is 0. The molecule has 1 heterocycles. The van der Waals surface area contributed by atoms with Gasteiger partial charge >= 0.3 is 6.03 Å². The number of carbonyl (C=O) groups excluding carboxylic acids is 1. The van der Waals surface area contributed by atoms with E-state index < -0.39 is 23.9 Å². The summed E-state index contributed by atoms with van der Waals surface area (Å²) in [5, 5.41) is 4.75. The Morgan fingerprint density at radius 2 is 2.12 bits per heavy atom. The predicted octanol–water partition coefficient (Wildman–Crippen LogP) is 2.14. The number of carbonyl (C=O) groups is 1. The minimum Gasteiger partial charge on any atom is -0.335 e. The van der Waals surface area contributed by atoms with Gasteiger partial charge in [0.2, 0.25) is 5.95 Å². The van der Waals surface area contributed by atoms with Gasteiger partial charge in [0.25, 0.3) is 5.92 Å². The average Bonchev–Trinajstić information content (AvgIpc) is 2.18. The number of aromatic nitrogens is 1. The van der Waals surface area contributed by atoms with Crippen LogP contribution in [0.5, 0.6) is 0 Å². The summed E-state index contributed by atoms with van der Waals surface area (Å²) in [5.74, 6) is -3.33. The van der Waals surface area contributed by atoms with E-state index in [2.05, 4.69) is 15.6 Å². The highest BCUT2D eigenvalue weighted by Gasteiger charge is 2.45. The highest BCUT2D eigenvalue weighted by Crippen LogP contribution is 2.37. The molecule has 0 radical (unpaired) electrons. The Balaban J connectivity index is 1.80. The fourth-order valence-corrected chi connectivity index (χ4v) is 1.57. The number of nitrogens with one attached hydrogen (secondary N) is 2. The van der Waals surface area contributed by atoms with Gasteiger partial charge in [0.05, 0.1) is 11.9 Å². The molecule has 7 heteroatoms. The van der Waals surface area contributed by atoms with Gasteiger partial charge in [-0.15, -0.1) is 0 Å². The molecule has 2 N–H and O–H groups in total. The fourth-order valence-electron chi connectivity index (χ4n) is 1.57. The van der Waals surface area contributed by atoms with Crippen LogP contribution in [0.25, 0.3) is 0 Å². The lowest BCUT2D eigenvalue weighted by Gasteiger charge is -2.35. The molecule has 2 amide bonds. The van der Waals surface area contributed by atoms with Crippen LogP contribution in [-0.4, -0.2) is 23.0 Å². The van der Waals surface area contributed by atoms with E-state index in [1.807, 2.05) is 0 Å². The molecule has 1 aliphatic carbocycles. The van der Waals surface area contributed by atoms with Crippen molar-refractivity contribution >= 4 is 11.7 Å². The van der Waals surface area contributed by atoms with Crippen molar-refractivity contribution < 1.29 is 18.0 Å². The van der Waals surface area contributed by atoms with E-state index in [0.717, 1.165) is 12.3 Å². The van der Waals surface area contributed by atoms with Crippen molar-refractivity contribution in [3.05, 3.63) is 24.3 Å². The zero-order chi connectivity index (χ0) is 12.5. The lowest BCUT2D eigenvalue weighted by atomic mass is 9.88. The second-order valence-corrected chi connectivity index (χ2v) is 3.93. The molecule has 0 saturated heterocycles. The fraction of sp³-hybridized carbons (Fsp3) is 0.400. The molecule has 2 rings (SSSR count). The Bertz CT molecular complexity index is 413. The second kappa shape index (κ2) is 4.23. The summed E-state index contributed by atoms with van der Waals surface area (Å²) in [7, 11) is 0. The molecule has 1 aromatic heterocycles. The topological polar surface area (TPSA) is 54.0 Å². The average molecular weight is 245 g/mol. The van der Waals surface area contributed by atoms with Crippen LogP contribution < -0.4 is 10.6 Å². The summed E-state index contributed by atoms with van der Waals surface area (Å²) in [4.78, 5) is 14.7. The van der Waals surface area contributed by atoms with E-state index >= 15 is 0 Å². The Hall–Kier alpha value is -1.79. The summed E-state index contributed by atoms with van der Waals surface area (Å²) < 4.78 is 37.4. The van der Waals surface area contributed by atoms with Crippen molar-refractivity contribution in [1.29, 1.82) is 0 Å². The Kier molecular flexibility index (Phi) is 2.91. The lowest BCUT2D eigenvalue weighted by molar-refractivity contribution is -0.0893. The van der Waals surface area contributed by atoms with Crippen molar-refractivity contribution in [1.82, 2.24) is 10.3 Å². The molecule has 0 spiro atoms. The molecule has 0 aliphatic heterocycles. The number of nitrogens with zero attached hydrogens (tertiary/aromatic N) is 1. The van der Waals surface area contributed by atoms with Gasteiger partial charge in [-0.1, -0.05) is 0 Å². The minimum atomic E-state index is -2.67. The monoisotopic (exact) mass is 245 g/mol. The van der Waals surface area contributed by atoms with Crippen LogP contribution in [0.1, 0.15) is 12.8 Å². The van der Waals surface area contributed by atoms with Gasteiger partial charge < -0.3 is 10.6 Å². The van der Waals surface area contributed by atoms with E-state index in [4.69, 9.17) is 0 Å². The van der Waals surface area contributed by atoms with Crippen molar-refractivity contribution in [3.8, 4) is 0 Å². The van der Waals surface area contributed by atoms with E-state index in [1.165, 1.54) is 6.07 Å². The summed E-state index contributed by atoms with van der Waals surface area (Å²) >= 11 is 0. The van der Waals surface area contributed by atoms with Gasteiger partial charge in [0.15, 0.2) is 0 Å². The zero-order valence-electron chi connectivity index (χ0n) is 8.71. The Morgan fingerprint density at radius 1 is 1.41 bits per heavy atom. The number of hydrogen-bond donors (Lipinski definition) is 2. The lowest BCUT2D eigenvalue weighted by Crippen LogP contribution is -2.51. The van der Waals surface area contributed by atoms with E-state index in [1.54, 1.807) is 0 Å². The maximum atomic E-state index is 12.5. The maximum Gasteiger partial charge on any atom is 0.319 e. The van der Waals surface area contributed by atoms with Gasteiger partial charge in [-0.25, -0.2) is 18.6 Å². The SMILES string of the molecule is O=C(Nc1ccc(F)nc1)NC1CC(F)(F)C1. The number of alkyl halides is 2. The first-order valence-corrected chi connectivity index (χ1v) is 5.01. The first-order valence-electron chi connectivity index (χ1n) is 5.01. The first-order chi connectivity index (χ1) is 7.94. The molecule has 0 atom stereocenters. The molecule has 92 valence electrons. The molecule has 1 aliphatic rings. The standard InChI is InChI=1S/C10H10F3N3O/c11-8-2-1-6(5-14-8)15-9(17)16-7-3-10(12,13)4-7/h1-2,5,7H,3-4H2,(H2,15,16,17). The molecule has 0 aromatic carbocycles. The highest BCUT2D eigenvalue weighted by atomic mass is 19.3. The Morgan fingerprint density at radius 3 is 2.65 bits per heavy atom. The maximum absolute atomic E-state index is 12.5. The molecule has 0 unspecified atom stereocenters. The van der Waals surface area contributed by atoms with Crippen molar-refractivity contribution in [2.45, 2.75) is 24.8 Å². The molecule has 17 heavy (non-hydrogen) atoms. The predicted molar refractivity (Wildman–Crippen MR) is 54.3 cm³/mol. The largest absolute Gasteiger partial charge is 0.335 e. The molecule has 0 bridgehead atoms. The quantitative estimate of drug-likeness (QED) is 0.784. The number of pyridine rings is 1. The Labute approximate surface area is 95.2 Å². The van der Waals surface area contributed by atoms with E-state index in [9.17, 15) is 18.0 Å². The minimum absolute atomic E-state index is 0.301. The third kappa shape index (κ3) is 3.08. The number of halogens is 3. The third-order valence-electron chi connectivity index (χ3n) is 2.41. The number of amides is 2. The third-order valence-corrected chi connectivity index (χ3v) is 2.41. The van der Waals surface area contributed by atoms with Gasteiger partial charge in [-0.2, -0.15) is 4.39 Å². The summed E-state index contributed by atoms with van der Waals surface area (Å²) in [5.41, 5.74) is 0.301. The first kappa shape index (κ1) is 11.7. The van der Waals surface area contributed by atoms with Crippen LogP contribution in [0, 0.1) is 5.95 Å². The molecule has 1 fully saturated rings. The number of anilines is 1. The van der Waals surface area contributed by atoms with E-state index in [0.29, 0.717) is 5.69 Å². The second-order valence-electron chi connectivity index (χ2n) is 3.93. The smallest absolute Gasteiger partial charge is 0.319 e. The van der Waals surface area contributed by atoms with Gasteiger partial charge in [-0.3, -0.25) is 0 Å². The van der Waals surface area contributed by atoms with E-state index in [-0.39, 0.29) is 12.8 Å². The zero-order valence-corrected chi connectivity index (χ0v) is 8.71. The van der Waals surface area contributed by atoms with Crippen LogP contribution in [0.3, 0.4) is 0 Å². The van der Waals surface area contributed by atoms with Crippen molar-refractivity contribution in [2.75, 3.05) is 5.32 Å². The van der Waals surface area contributed by atoms with Crippen LogP contribution in [0.15, 0.2) is 18.3 Å². The molecular weight excluding hydrogens is 235 g/mol. The van der Waals surface area contributed by atoms with Crippen LogP contribution in [-0.2, 0) is 0 Å². The van der Waals surface area contributed by atoms with Gasteiger partial charge in [-0.05, 0) is 12.1 Å². The van der Waals surface area contributed by atoms with Gasteiger partial charge in [0, 0.05) is 18.9 Å². The van der Waals surface area contributed by atoms with Crippen molar-refractivity contribution in [3.63, 3.8) is 0 Å². The summed E-state index contributed by atoms with van der Waals surface area (Å²) in [6.07, 6.45) is 0.453. The molecule has 1 aromatic rings. The van der Waals surface area contributed by atoms with Crippen LogP contribution in [0.4, 0.5) is 23.7 Å². The summed E-state index contributed by atoms with van der Waals surface area (Å²) in [6, 6.07) is 1.31.